The molecule has 3 heteroatoms. The molecule has 1 heterocycles. The van der Waals surface area contributed by atoms with Gasteiger partial charge in [-0.05, 0) is 56.3 Å². The number of hydrogen-bond donors (Lipinski definition) is 2. The molecule has 1 saturated heterocycles. The minimum atomic E-state index is -0.535. The normalized spacial score (nSPS) is 42.4. The fraction of sp³-hybridized carbons (Fsp3) is 1.00. The highest BCUT2D eigenvalue weighted by Gasteiger charge is 2.55. The molecule has 0 aromatic heterocycles. The van der Waals surface area contributed by atoms with Gasteiger partial charge in [-0.25, -0.2) is 0 Å². The number of nitrogens with two attached hydrogens (primary N) is 1. The molecule has 0 spiro atoms. The summed E-state index contributed by atoms with van der Waals surface area (Å²) in [7, 11) is 0. The third-order valence-corrected chi connectivity index (χ3v) is 6.89. The van der Waals surface area contributed by atoms with Crippen LogP contribution in [0.1, 0.15) is 65.7 Å². The van der Waals surface area contributed by atoms with Crippen molar-refractivity contribution in [2.24, 2.45) is 22.5 Å². The fourth-order valence-electron chi connectivity index (χ4n) is 4.90. The Balaban J connectivity index is 1.70. The quantitative estimate of drug-likeness (QED) is 0.841. The van der Waals surface area contributed by atoms with E-state index in [4.69, 9.17) is 5.73 Å². The number of aliphatic hydroxyl groups is 1. The van der Waals surface area contributed by atoms with Crippen molar-refractivity contribution in [2.45, 2.75) is 77.4 Å². The van der Waals surface area contributed by atoms with Gasteiger partial charge in [0.1, 0.15) is 0 Å². The van der Waals surface area contributed by atoms with Gasteiger partial charge < -0.3 is 10.8 Å². The van der Waals surface area contributed by atoms with E-state index in [1.54, 1.807) is 0 Å². The number of nitrogens with zero attached hydrogens (tertiary/aromatic N) is 1. The fourth-order valence-corrected chi connectivity index (χ4v) is 4.90. The van der Waals surface area contributed by atoms with E-state index in [0.717, 1.165) is 44.3 Å². The van der Waals surface area contributed by atoms with Crippen molar-refractivity contribution < 1.29 is 5.11 Å². The zero-order chi connectivity index (χ0) is 15.3. The Kier molecular flexibility index (Phi) is 3.91. The minimum absolute atomic E-state index is 0.0294. The Morgan fingerprint density at radius 3 is 2.19 bits per heavy atom. The van der Waals surface area contributed by atoms with Crippen LogP contribution >= 0.6 is 0 Å². The maximum atomic E-state index is 11.4. The highest BCUT2D eigenvalue weighted by atomic mass is 16.3. The van der Waals surface area contributed by atoms with Crippen LogP contribution in [0.25, 0.3) is 0 Å². The van der Waals surface area contributed by atoms with E-state index in [-0.39, 0.29) is 5.41 Å². The monoisotopic (exact) mass is 294 g/mol. The van der Waals surface area contributed by atoms with E-state index in [1.165, 1.54) is 25.7 Å². The lowest BCUT2D eigenvalue weighted by Gasteiger charge is -2.51. The van der Waals surface area contributed by atoms with Crippen LogP contribution in [-0.2, 0) is 0 Å². The van der Waals surface area contributed by atoms with E-state index in [0.29, 0.717) is 12.0 Å². The zero-order valence-electron chi connectivity index (χ0n) is 14.2. The molecule has 2 saturated carbocycles. The number of hydrogen-bond acceptors (Lipinski definition) is 3. The zero-order valence-corrected chi connectivity index (χ0v) is 14.2. The topological polar surface area (TPSA) is 49.5 Å². The van der Waals surface area contributed by atoms with Gasteiger partial charge in [0.05, 0.1) is 5.60 Å². The van der Waals surface area contributed by atoms with E-state index < -0.39 is 5.60 Å². The number of likely N-dealkylation sites (tertiary alicyclic amines) is 1. The van der Waals surface area contributed by atoms with Crippen LogP contribution in [-0.4, -0.2) is 41.3 Å². The van der Waals surface area contributed by atoms with Crippen molar-refractivity contribution >= 4 is 0 Å². The average Bonchev–Trinajstić information content (AvgIpc) is 3.21. The van der Waals surface area contributed by atoms with Crippen LogP contribution in [0.15, 0.2) is 0 Å². The molecular weight excluding hydrogens is 260 g/mol. The molecule has 2 aliphatic carbocycles. The molecule has 0 aromatic rings. The second-order valence-electron chi connectivity index (χ2n) is 9.11. The first-order valence-electron chi connectivity index (χ1n) is 8.96. The first-order chi connectivity index (χ1) is 9.80. The van der Waals surface area contributed by atoms with E-state index >= 15 is 0 Å². The summed E-state index contributed by atoms with van der Waals surface area (Å²) in [6.07, 6.45) is 8.27. The molecular formula is C18H34N2O. The lowest BCUT2D eigenvalue weighted by atomic mass is 9.58. The highest BCUT2D eigenvalue weighted by molar-refractivity contribution is 5.09. The molecule has 122 valence electrons. The Labute approximate surface area is 130 Å². The lowest BCUT2D eigenvalue weighted by Crippen LogP contribution is -2.56. The standard InChI is InChI=1S/C18H34N2O/c1-16(2,3)14-6-8-17(12-19,9-7-14)18(21)10-11-20(13-18)15-4-5-15/h14-15,21H,4-13,19H2,1-3H3. The van der Waals surface area contributed by atoms with Gasteiger partial charge in [-0.1, -0.05) is 20.8 Å². The maximum Gasteiger partial charge on any atom is 0.0854 e. The van der Waals surface area contributed by atoms with Crippen molar-refractivity contribution in [3.63, 3.8) is 0 Å². The summed E-state index contributed by atoms with van der Waals surface area (Å²) >= 11 is 0. The number of β-amino-alcohol motifs (C(OH)–C–C–N with tert-alkyl or cyclic N) is 1. The van der Waals surface area contributed by atoms with Gasteiger partial charge in [0, 0.05) is 31.1 Å². The molecule has 0 amide bonds. The van der Waals surface area contributed by atoms with Crippen LogP contribution in [0.4, 0.5) is 0 Å². The molecule has 1 aliphatic heterocycles. The molecule has 3 N–H and O–H groups in total. The van der Waals surface area contributed by atoms with E-state index in [1.807, 2.05) is 0 Å². The van der Waals surface area contributed by atoms with Crippen LogP contribution in [0, 0.1) is 16.7 Å². The molecule has 21 heavy (non-hydrogen) atoms. The van der Waals surface area contributed by atoms with Crippen molar-refractivity contribution in [1.29, 1.82) is 0 Å². The predicted molar refractivity (Wildman–Crippen MR) is 87.1 cm³/mol. The first kappa shape index (κ1) is 15.8. The predicted octanol–water partition coefficient (Wildman–Crippen LogP) is 2.77. The van der Waals surface area contributed by atoms with Gasteiger partial charge in [0.25, 0.3) is 0 Å². The summed E-state index contributed by atoms with van der Waals surface area (Å²) in [6.45, 7) is 9.66. The van der Waals surface area contributed by atoms with Crippen LogP contribution in [0.3, 0.4) is 0 Å². The molecule has 3 rings (SSSR count). The van der Waals surface area contributed by atoms with E-state index in [2.05, 4.69) is 25.7 Å². The van der Waals surface area contributed by atoms with Gasteiger partial charge >= 0.3 is 0 Å². The van der Waals surface area contributed by atoms with Gasteiger partial charge in [-0.15, -0.1) is 0 Å². The van der Waals surface area contributed by atoms with Crippen molar-refractivity contribution in [1.82, 2.24) is 4.90 Å². The molecule has 3 fully saturated rings. The largest absolute Gasteiger partial charge is 0.388 e. The van der Waals surface area contributed by atoms with Gasteiger partial charge in [-0.2, -0.15) is 0 Å². The smallest absolute Gasteiger partial charge is 0.0854 e. The number of rotatable bonds is 3. The summed E-state index contributed by atoms with van der Waals surface area (Å²) in [5.41, 5.74) is 6.04. The third-order valence-electron chi connectivity index (χ3n) is 6.89. The van der Waals surface area contributed by atoms with E-state index in [9.17, 15) is 5.11 Å². The summed E-state index contributed by atoms with van der Waals surface area (Å²) in [5.74, 6) is 0.779. The second-order valence-corrected chi connectivity index (χ2v) is 9.11. The Morgan fingerprint density at radius 2 is 1.71 bits per heavy atom. The highest BCUT2D eigenvalue weighted by Crippen LogP contribution is 2.53. The second kappa shape index (κ2) is 5.21. The van der Waals surface area contributed by atoms with Crippen LogP contribution in [0.5, 0.6) is 0 Å². The first-order valence-corrected chi connectivity index (χ1v) is 8.96. The molecule has 0 bridgehead atoms. The molecule has 3 nitrogen and oxygen atoms in total. The summed E-state index contributed by atoms with van der Waals surface area (Å²) < 4.78 is 0. The summed E-state index contributed by atoms with van der Waals surface area (Å²) in [6, 6.07) is 0.764. The summed E-state index contributed by atoms with van der Waals surface area (Å²) in [4.78, 5) is 2.52. The molecule has 1 atom stereocenters. The Hall–Kier alpha value is -0.120. The Bertz CT molecular complexity index is 377. The minimum Gasteiger partial charge on any atom is -0.388 e. The molecule has 1 unspecified atom stereocenters. The van der Waals surface area contributed by atoms with Crippen LogP contribution in [0.2, 0.25) is 0 Å². The molecule has 0 aromatic carbocycles. The summed E-state index contributed by atoms with van der Waals surface area (Å²) in [5, 5.41) is 11.4. The van der Waals surface area contributed by atoms with Gasteiger partial charge in [0.15, 0.2) is 0 Å². The molecule has 0 radical (unpaired) electrons. The van der Waals surface area contributed by atoms with Gasteiger partial charge in [-0.3, -0.25) is 4.90 Å². The van der Waals surface area contributed by atoms with Crippen molar-refractivity contribution in [3.05, 3.63) is 0 Å². The average molecular weight is 294 g/mol. The maximum absolute atomic E-state index is 11.4. The Morgan fingerprint density at radius 1 is 1.10 bits per heavy atom. The SMILES string of the molecule is CC(C)(C)C1CCC(CN)(C2(O)CCN(C3CC3)C2)CC1. The van der Waals surface area contributed by atoms with Crippen LogP contribution < -0.4 is 5.73 Å². The molecule has 3 aliphatic rings. The van der Waals surface area contributed by atoms with Gasteiger partial charge in [0.2, 0.25) is 0 Å². The van der Waals surface area contributed by atoms with Crippen molar-refractivity contribution in [3.8, 4) is 0 Å². The van der Waals surface area contributed by atoms with Crippen molar-refractivity contribution in [2.75, 3.05) is 19.6 Å². The lowest BCUT2D eigenvalue weighted by molar-refractivity contribution is -0.102. The third kappa shape index (κ3) is 2.77.